The Bertz CT molecular complexity index is 587. The van der Waals surface area contributed by atoms with E-state index in [0.717, 1.165) is 10.0 Å². The van der Waals surface area contributed by atoms with Crippen LogP contribution in [0.2, 0.25) is 0 Å². The van der Waals surface area contributed by atoms with Gasteiger partial charge in [-0.2, -0.15) is 0 Å². The third-order valence-electron chi connectivity index (χ3n) is 3.53. The summed E-state index contributed by atoms with van der Waals surface area (Å²) in [4.78, 5) is 35.1. The van der Waals surface area contributed by atoms with Crippen LogP contribution in [-0.4, -0.2) is 35.5 Å². The molecule has 1 aromatic rings. The molecule has 0 saturated carbocycles. The van der Waals surface area contributed by atoms with Crippen molar-refractivity contribution in [2.45, 2.75) is 39.2 Å². The zero-order chi connectivity index (χ0) is 18.3. The fourth-order valence-corrected chi connectivity index (χ4v) is 2.43. The maximum absolute atomic E-state index is 12.1. The van der Waals surface area contributed by atoms with Gasteiger partial charge in [0.1, 0.15) is 6.04 Å². The van der Waals surface area contributed by atoms with E-state index in [9.17, 15) is 14.4 Å². The number of benzene rings is 1. The van der Waals surface area contributed by atoms with Gasteiger partial charge in [0.15, 0.2) is 0 Å². The fourth-order valence-electron chi connectivity index (χ4n) is 2.16. The monoisotopic (exact) mass is 398 g/mol. The number of hydrogen-bond donors (Lipinski definition) is 3. The van der Waals surface area contributed by atoms with E-state index >= 15 is 0 Å². The number of carbonyl (C=O) groups excluding carboxylic acids is 2. The third kappa shape index (κ3) is 6.70. The molecule has 0 aliphatic heterocycles. The molecular formula is C17H23BrN2O4. The van der Waals surface area contributed by atoms with Gasteiger partial charge >= 0.3 is 5.97 Å². The molecule has 132 valence electrons. The number of carboxylic acids is 1. The molecule has 0 heterocycles. The number of halogens is 1. The van der Waals surface area contributed by atoms with Crippen LogP contribution < -0.4 is 10.6 Å². The van der Waals surface area contributed by atoms with Crippen LogP contribution in [0.15, 0.2) is 28.7 Å². The first-order chi connectivity index (χ1) is 11.2. The van der Waals surface area contributed by atoms with Gasteiger partial charge in [-0.05, 0) is 37.0 Å². The Morgan fingerprint density at radius 2 is 1.71 bits per heavy atom. The van der Waals surface area contributed by atoms with Crippen molar-refractivity contribution in [1.29, 1.82) is 0 Å². The normalized spacial score (nSPS) is 13.2. The van der Waals surface area contributed by atoms with Crippen LogP contribution in [0, 0.1) is 5.92 Å². The van der Waals surface area contributed by atoms with Gasteiger partial charge in [0, 0.05) is 4.47 Å². The Kier molecular flexibility index (Phi) is 7.91. The SMILES string of the molecule is CC(C)C[C@H](NC(=O)CNC(=O)C(C)c1ccc(Br)cc1)C(=O)O. The van der Waals surface area contributed by atoms with Crippen LogP contribution in [-0.2, 0) is 14.4 Å². The number of carboxylic acid groups (broad SMARTS) is 1. The second-order valence-corrected chi connectivity index (χ2v) is 6.99. The quantitative estimate of drug-likeness (QED) is 0.625. The van der Waals surface area contributed by atoms with E-state index in [4.69, 9.17) is 5.11 Å². The van der Waals surface area contributed by atoms with Gasteiger partial charge in [-0.1, -0.05) is 41.9 Å². The lowest BCUT2D eigenvalue weighted by Gasteiger charge is -2.17. The number of nitrogens with one attached hydrogen (secondary N) is 2. The fraction of sp³-hybridized carbons (Fsp3) is 0.471. The maximum atomic E-state index is 12.1. The number of carbonyl (C=O) groups is 3. The van der Waals surface area contributed by atoms with Crippen LogP contribution >= 0.6 is 15.9 Å². The van der Waals surface area contributed by atoms with Crippen molar-refractivity contribution in [3.05, 3.63) is 34.3 Å². The second kappa shape index (κ2) is 9.42. The minimum Gasteiger partial charge on any atom is -0.480 e. The van der Waals surface area contributed by atoms with Gasteiger partial charge in [0.25, 0.3) is 0 Å². The molecule has 0 radical (unpaired) electrons. The predicted octanol–water partition coefficient (Wildman–Crippen LogP) is 2.28. The second-order valence-electron chi connectivity index (χ2n) is 6.08. The van der Waals surface area contributed by atoms with Crippen LogP contribution in [0.5, 0.6) is 0 Å². The molecule has 0 saturated heterocycles. The van der Waals surface area contributed by atoms with Crippen LogP contribution in [0.1, 0.15) is 38.7 Å². The minimum atomic E-state index is -1.08. The van der Waals surface area contributed by atoms with Crippen molar-refractivity contribution in [3.63, 3.8) is 0 Å². The molecule has 2 amide bonds. The van der Waals surface area contributed by atoms with E-state index in [2.05, 4.69) is 26.6 Å². The van der Waals surface area contributed by atoms with Crippen molar-refractivity contribution in [1.82, 2.24) is 10.6 Å². The van der Waals surface area contributed by atoms with Gasteiger partial charge in [0.05, 0.1) is 12.5 Å². The molecule has 0 aliphatic carbocycles. The summed E-state index contributed by atoms with van der Waals surface area (Å²) in [5, 5.41) is 14.1. The average Bonchev–Trinajstić information content (AvgIpc) is 2.51. The van der Waals surface area contributed by atoms with Crippen molar-refractivity contribution >= 4 is 33.7 Å². The highest BCUT2D eigenvalue weighted by Crippen LogP contribution is 2.18. The summed E-state index contributed by atoms with van der Waals surface area (Å²) in [5.41, 5.74) is 0.833. The van der Waals surface area contributed by atoms with Gasteiger partial charge in [-0.3, -0.25) is 9.59 Å². The zero-order valence-electron chi connectivity index (χ0n) is 14.0. The Hall–Kier alpha value is -1.89. The van der Waals surface area contributed by atoms with Crippen LogP contribution in [0.4, 0.5) is 0 Å². The lowest BCUT2D eigenvalue weighted by Crippen LogP contribution is -2.46. The van der Waals surface area contributed by atoms with E-state index in [1.807, 2.05) is 38.1 Å². The Labute approximate surface area is 150 Å². The molecule has 6 nitrogen and oxygen atoms in total. The van der Waals surface area contributed by atoms with Gasteiger partial charge in [0.2, 0.25) is 11.8 Å². The largest absolute Gasteiger partial charge is 0.480 e. The molecular weight excluding hydrogens is 376 g/mol. The lowest BCUT2D eigenvalue weighted by molar-refractivity contribution is -0.142. The molecule has 0 bridgehead atoms. The summed E-state index contributed by atoms with van der Waals surface area (Å²) < 4.78 is 0.920. The van der Waals surface area contributed by atoms with Crippen molar-refractivity contribution in [2.24, 2.45) is 5.92 Å². The van der Waals surface area contributed by atoms with Crippen molar-refractivity contribution < 1.29 is 19.5 Å². The summed E-state index contributed by atoms with van der Waals surface area (Å²) in [6, 6.07) is 6.40. The zero-order valence-corrected chi connectivity index (χ0v) is 15.6. The number of hydrogen-bond acceptors (Lipinski definition) is 3. The molecule has 1 rings (SSSR count). The van der Waals surface area contributed by atoms with Crippen molar-refractivity contribution in [2.75, 3.05) is 6.54 Å². The highest BCUT2D eigenvalue weighted by Gasteiger charge is 2.22. The molecule has 0 aliphatic rings. The lowest BCUT2D eigenvalue weighted by atomic mass is 10.0. The maximum Gasteiger partial charge on any atom is 0.326 e. The van der Waals surface area contributed by atoms with E-state index in [-0.39, 0.29) is 18.4 Å². The molecule has 3 N–H and O–H groups in total. The molecule has 0 fully saturated rings. The number of amides is 2. The van der Waals surface area contributed by atoms with Crippen LogP contribution in [0.25, 0.3) is 0 Å². The van der Waals surface area contributed by atoms with Gasteiger partial charge in [-0.25, -0.2) is 4.79 Å². The van der Waals surface area contributed by atoms with Gasteiger partial charge < -0.3 is 15.7 Å². The highest BCUT2D eigenvalue weighted by atomic mass is 79.9. The van der Waals surface area contributed by atoms with Crippen molar-refractivity contribution in [3.8, 4) is 0 Å². The highest BCUT2D eigenvalue weighted by molar-refractivity contribution is 9.10. The summed E-state index contributed by atoms with van der Waals surface area (Å²) in [7, 11) is 0. The molecule has 0 aromatic heterocycles. The number of aliphatic carboxylic acids is 1. The summed E-state index contributed by atoms with van der Waals surface area (Å²) in [6.45, 7) is 5.25. The average molecular weight is 399 g/mol. The van der Waals surface area contributed by atoms with E-state index < -0.39 is 23.8 Å². The first kappa shape index (κ1) is 20.2. The first-order valence-corrected chi connectivity index (χ1v) is 8.55. The molecule has 24 heavy (non-hydrogen) atoms. The topological polar surface area (TPSA) is 95.5 Å². The molecule has 1 aromatic carbocycles. The van der Waals surface area contributed by atoms with Gasteiger partial charge in [-0.15, -0.1) is 0 Å². The summed E-state index contributed by atoms with van der Waals surface area (Å²) in [5.74, 6) is -2.15. The molecule has 0 spiro atoms. The smallest absolute Gasteiger partial charge is 0.326 e. The Morgan fingerprint density at radius 1 is 1.12 bits per heavy atom. The van der Waals surface area contributed by atoms with E-state index in [0.29, 0.717) is 6.42 Å². The first-order valence-electron chi connectivity index (χ1n) is 7.76. The summed E-state index contributed by atoms with van der Waals surface area (Å²) in [6.07, 6.45) is 0.338. The van der Waals surface area contributed by atoms with Crippen LogP contribution in [0.3, 0.4) is 0 Å². The number of rotatable bonds is 8. The van der Waals surface area contributed by atoms with E-state index in [1.165, 1.54) is 0 Å². The Morgan fingerprint density at radius 3 is 2.21 bits per heavy atom. The minimum absolute atomic E-state index is 0.137. The summed E-state index contributed by atoms with van der Waals surface area (Å²) >= 11 is 3.33. The predicted molar refractivity (Wildman–Crippen MR) is 94.6 cm³/mol. The standard InChI is InChI=1S/C17H23BrN2O4/c1-10(2)8-14(17(23)24)20-15(21)9-19-16(22)11(3)12-4-6-13(18)7-5-12/h4-7,10-11,14H,8-9H2,1-3H3,(H,19,22)(H,20,21)(H,23,24)/t11?,14-/m0/s1. The molecule has 7 heteroatoms. The third-order valence-corrected chi connectivity index (χ3v) is 4.06. The molecule has 2 atom stereocenters. The molecule has 1 unspecified atom stereocenters. The Balaban J connectivity index is 2.51. The van der Waals surface area contributed by atoms with E-state index in [1.54, 1.807) is 6.92 Å².